The normalized spacial score (nSPS) is 10.4. The molecule has 2 nitrogen and oxygen atoms in total. The van der Waals surface area contributed by atoms with E-state index in [2.05, 4.69) is 47.8 Å². The number of rotatable bonds is 8. The Balaban J connectivity index is 0.00000200. The Kier molecular flexibility index (Phi) is 8.28. The molecular weight excluding hydrogens is 268 g/mol. The molecule has 0 heterocycles. The van der Waals surface area contributed by atoms with Crippen LogP contribution in [-0.2, 0) is 6.54 Å². The van der Waals surface area contributed by atoms with Crippen molar-refractivity contribution in [3.8, 4) is 0 Å². The highest BCUT2D eigenvalue weighted by molar-refractivity contribution is 5.85. The summed E-state index contributed by atoms with van der Waals surface area (Å²) in [7, 11) is 0. The summed E-state index contributed by atoms with van der Waals surface area (Å²) in [6, 6.07) is 15.1. The van der Waals surface area contributed by atoms with E-state index < -0.39 is 0 Å². The van der Waals surface area contributed by atoms with Gasteiger partial charge in [0.1, 0.15) is 0 Å². The zero-order chi connectivity index (χ0) is 13.3. The van der Waals surface area contributed by atoms with Crippen LogP contribution in [0.5, 0.6) is 0 Å². The molecule has 20 heavy (non-hydrogen) atoms. The number of fused-ring (bicyclic) bond motifs is 1. The Labute approximate surface area is 128 Å². The van der Waals surface area contributed by atoms with Crippen LogP contribution in [0.1, 0.15) is 31.2 Å². The largest absolute Gasteiger partial charge is 0.330 e. The summed E-state index contributed by atoms with van der Waals surface area (Å²) in [4.78, 5) is 0. The summed E-state index contributed by atoms with van der Waals surface area (Å²) in [5.74, 6) is 0. The average Bonchev–Trinajstić information content (AvgIpc) is 2.46. The van der Waals surface area contributed by atoms with Gasteiger partial charge in [0.15, 0.2) is 0 Å². The van der Waals surface area contributed by atoms with E-state index in [4.69, 9.17) is 5.73 Å². The highest BCUT2D eigenvalue weighted by atomic mass is 35.5. The Hall–Kier alpha value is -1.09. The molecule has 0 spiro atoms. The molecule has 3 heteroatoms. The van der Waals surface area contributed by atoms with Gasteiger partial charge in [-0.15, -0.1) is 12.4 Å². The summed E-state index contributed by atoms with van der Waals surface area (Å²) in [6.45, 7) is 2.87. The van der Waals surface area contributed by atoms with Gasteiger partial charge in [-0.25, -0.2) is 0 Å². The maximum Gasteiger partial charge on any atom is 0.0211 e. The predicted octanol–water partition coefficient (Wildman–Crippen LogP) is 3.87. The standard InChI is InChI=1S/C17H24N2.ClH/c18-12-5-1-2-6-13-19-14-16-10-7-9-15-8-3-4-11-17(15)16;/h3-4,7-11,19H,1-2,5-6,12-14,18H2;1H. The number of nitrogens with two attached hydrogens (primary N) is 1. The van der Waals surface area contributed by atoms with Crippen molar-refractivity contribution in [1.29, 1.82) is 0 Å². The summed E-state index contributed by atoms with van der Waals surface area (Å²) in [6.07, 6.45) is 4.93. The molecule has 0 atom stereocenters. The maximum absolute atomic E-state index is 5.48. The molecule has 0 aliphatic carbocycles. The molecule has 0 radical (unpaired) electrons. The van der Waals surface area contributed by atoms with Gasteiger partial charge in [-0.05, 0) is 42.3 Å². The number of halogens is 1. The lowest BCUT2D eigenvalue weighted by atomic mass is 10.0. The number of benzene rings is 2. The van der Waals surface area contributed by atoms with Gasteiger partial charge in [0.05, 0.1) is 0 Å². The van der Waals surface area contributed by atoms with Gasteiger partial charge in [-0.2, -0.15) is 0 Å². The second-order valence-corrected chi connectivity index (χ2v) is 5.02. The van der Waals surface area contributed by atoms with E-state index >= 15 is 0 Å². The summed E-state index contributed by atoms with van der Waals surface area (Å²) in [5.41, 5.74) is 6.87. The minimum atomic E-state index is 0. The van der Waals surface area contributed by atoms with Crippen molar-refractivity contribution >= 4 is 23.2 Å². The van der Waals surface area contributed by atoms with Gasteiger partial charge in [-0.3, -0.25) is 0 Å². The van der Waals surface area contributed by atoms with E-state index in [0.717, 1.165) is 26.1 Å². The highest BCUT2D eigenvalue weighted by Gasteiger charge is 1.99. The number of unbranched alkanes of at least 4 members (excludes halogenated alkanes) is 3. The fourth-order valence-electron chi connectivity index (χ4n) is 2.42. The smallest absolute Gasteiger partial charge is 0.0211 e. The zero-order valence-corrected chi connectivity index (χ0v) is 12.8. The lowest BCUT2D eigenvalue weighted by Gasteiger charge is -2.08. The van der Waals surface area contributed by atoms with E-state index in [-0.39, 0.29) is 12.4 Å². The van der Waals surface area contributed by atoms with Gasteiger partial charge < -0.3 is 11.1 Å². The van der Waals surface area contributed by atoms with Crippen LogP contribution in [0.4, 0.5) is 0 Å². The lowest BCUT2D eigenvalue weighted by molar-refractivity contribution is 0.591. The minimum Gasteiger partial charge on any atom is -0.330 e. The SMILES string of the molecule is Cl.NCCCCCCNCc1cccc2ccccc12. The summed E-state index contributed by atoms with van der Waals surface area (Å²) < 4.78 is 0. The van der Waals surface area contributed by atoms with Crippen LogP contribution in [0.2, 0.25) is 0 Å². The van der Waals surface area contributed by atoms with E-state index in [0.29, 0.717) is 0 Å². The minimum absolute atomic E-state index is 0. The van der Waals surface area contributed by atoms with Crippen LogP contribution < -0.4 is 11.1 Å². The average molecular weight is 293 g/mol. The zero-order valence-electron chi connectivity index (χ0n) is 12.0. The molecule has 0 aromatic heterocycles. The summed E-state index contributed by atoms with van der Waals surface area (Å²) in [5, 5.41) is 6.23. The van der Waals surface area contributed by atoms with E-state index in [1.807, 2.05) is 0 Å². The van der Waals surface area contributed by atoms with Gasteiger partial charge in [0.25, 0.3) is 0 Å². The molecule has 0 unspecified atom stereocenters. The van der Waals surface area contributed by atoms with Crippen LogP contribution in [0, 0.1) is 0 Å². The van der Waals surface area contributed by atoms with E-state index in [1.54, 1.807) is 0 Å². The van der Waals surface area contributed by atoms with Gasteiger partial charge >= 0.3 is 0 Å². The number of hydrogen-bond acceptors (Lipinski definition) is 2. The monoisotopic (exact) mass is 292 g/mol. The van der Waals surface area contributed by atoms with Crippen LogP contribution in [0.3, 0.4) is 0 Å². The van der Waals surface area contributed by atoms with Crippen molar-refractivity contribution in [2.45, 2.75) is 32.2 Å². The fraction of sp³-hybridized carbons (Fsp3) is 0.412. The second-order valence-electron chi connectivity index (χ2n) is 5.02. The van der Waals surface area contributed by atoms with Crippen LogP contribution in [0.15, 0.2) is 42.5 Å². The van der Waals surface area contributed by atoms with E-state index in [1.165, 1.54) is 35.6 Å². The van der Waals surface area contributed by atoms with E-state index in [9.17, 15) is 0 Å². The van der Waals surface area contributed by atoms with Gasteiger partial charge in [0.2, 0.25) is 0 Å². The highest BCUT2D eigenvalue weighted by Crippen LogP contribution is 2.18. The molecule has 0 saturated heterocycles. The Morgan fingerprint density at radius 3 is 2.45 bits per heavy atom. The van der Waals surface area contributed by atoms with Crippen molar-refractivity contribution in [1.82, 2.24) is 5.32 Å². The number of nitrogens with one attached hydrogen (secondary N) is 1. The molecular formula is C17H25ClN2. The molecule has 0 bridgehead atoms. The molecule has 0 aliphatic rings. The first-order chi connectivity index (χ1) is 9.42. The third-order valence-corrected chi connectivity index (χ3v) is 3.50. The molecule has 0 aliphatic heterocycles. The van der Waals surface area contributed by atoms with Crippen molar-refractivity contribution in [2.24, 2.45) is 5.73 Å². The molecule has 2 aromatic carbocycles. The molecule has 3 N–H and O–H groups in total. The Bertz CT molecular complexity index is 494. The molecule has 0 fully saturated rings. The molecule has 0 amide bonds. The van der Waals surface area contributed by atoms with Crippen molar-refractivity contribution in [2.75, 3.05) is 13.1 Å². The molecule has 2 aromatic rings. The van der Waals surface area contributed by atoms with Crippen LogP contribution in [0.25, 0.3) is 10.8 Å². The first kappa shape index (κ1) is 17.0. The van der Waals surface area contributed by atoms with Crippen molar-refractivity contribution in [3.63, 3.8) is 0 Å². The van der Waals surface area contributed by atoms with Gasteiger partial charge in [-0.1, -0.05) is 55.3 Å². The fourth-order valence-corrected chi connectivity index (χ4v) is 2.42. The third-order valence-electron chi connectivity index (χ3n) is 3.50. The predicted molar refractivity (Wildman–Crippen MR) is 90.4 cm³/mol. The van der Waals surface area contributed by atoms with Gasteiger partial charge in [0, 0.05) is 6.54 Å². The summed E-state index contributed by atoms with van der Waals surface area (Å²) >= 11 is 0. The number of hydrogen-bond donors (Lipinski definition) is 2. The molecule has 0 saturated carbocycles. The molecule has 110 valence electrons. The second kappa shape index (κ2) is 9.76. The first-order valence-electron chi connectivity index (χ1n) is 7.29. The topological polar surface area (TPSA) is 38.0 Å². The van der Waals surface area contributed by atoms with Crippen LogP contribution in [-0.4, -0.2) is 13.1 Å². The molecule has 2 rings (SSSR count). The Morgan fingerprint density at radius 1 is 0.850 bits per heavy atom. The van der Waals surface area contributed by atoms with Crippen molar-refractivity contribution in [3.05, 3.63) is 48.0 Å². The third kappa shape index (κ3) is 5.12. The first-order valence-corrected chi connectivity index (χ1v) is 7.29. The maximum atomic E-state index is 5.48. The lowest BCUT2D eigenvalue weighted by Crippen LogP contribution is -2.14. The van der Waals surface area contributed by atoms with Crippen molar-refractivity contribution < 1.29 is 0 Å². The Morgan fingerprint density at radius 2 is 1.60 bits per heavy atom. The van der Waals surface area contributed by atoms with Crippen LogP contribution >= 0.6 is 12.4 Å². The quantitative estimate of drug-likeness (QED) is 0.725.